The van der Waals surface area contributed by atoms with Crippen LogP contribution in [0.25, 0.3) is 0 Å². The number of piperidine rings is 1. The number of nitrogens with two attached hydrogens (primary N) is 1. The fraction of sp³-hybridized carbons (Fsp3) is 1.00. The van der Waals surface area contributed by atoms with Gasteiger partial charge in [-0.05, 0) is 51.1 Å². The van der Waals surface area contributed by atoms with Crippen LogP contribution in [0.3, 0.4) is 0 Å². The lowest BCUT2D eigenvalue weighted by atomic mass is 9.75. The van der Waals surface area contributed by atoms with E-state index in [1.165, 1.54) is 77.5 Å². The van der Waals surface area contributed by atoms with Crippen molar-refractivity contribution in [1.82, 2.24) is 9.80 Å². The number of hydrogen-bond acceptors (Lipinski definition) is 3. The molecule has 3 unspecified atom stereocenters. The van der Waals surface area contributed by atoms with Crippen molar-refractivity contribution >= 4 is 0 Å². The third-order valence-electron chi connectivity index (χ3n) is 6.19. The number of hydrogen-bond donors (Lipinski definition) is 1. The summed E-state index contributed by atoms with van der Waals surface area (Å²) in [6.45, 7) is 8.52. The Bertz CT molecular complexity index is 313. The van der Waals surface area contributed by atoms with Crippen LogP contribution in [0.4, 0.5) is 0 Å². The average Bonchev–Trinajstić information content (AvgIpc) is 2.98. The fourth-order valence-corrected chi connectivity index (χ4v) is 4.99. The molecular weight excluding hydrogens is 246 g/mol. The maximum atomic E-state index is 6.25. The van der Waals surface area contributed by atoms with Gasteiger partial charge in [-0.2, -0.15) is 0 Å². The van der Waals surface area contributed by atoms with Gasteiger partial charge in [-0.25, -0.2) is 0 Å². The quantitative estimate of drug-likeness (QED) is 0.861. The molecule has 1 saturated carbocycles. The standard InChI is InChI=1S/C17H33N3/c1-15-6-5-8-17(12-15,14-18)20-11-7-16(13-20)19-9-3-2-4-10-19/h15-16H,2-14,18H2,1H3. The molecule has 3 heteroatoms. The van der Waals surface area contributed by atoms with Crippen molar-refractivity contribution in [2.75, 3.05) is 32.7 Å². The topological polar surface area (TPSA) is 32.5 Å². The summed E-state index contributed by atoms with van der Waals surface area (Å²) in [6, 6.07) is 0.816. The van der Waals surface area contributed by atoms with E-state index in [2.05, 4.69) is 16.7 Å². The minimum Gasteiger partial charge on any atom is -0.329 e. The van der Waals surface area contributed by atoms with Gasteiger partial charge in [0.05, 0.1) is 0 Å². The Morgan fingerprint density at radius 2 is 1.85 bits per heavy atom. The van der Waals surface area contributed by atoms with Gasteiger partial charge in [0.2, 0.25) is 0 Å². The van der Waals surface area contributed by atoms with Crippen LogP contribution in [0.15, 0.2) is 0 Å². The number of likely N-dealkylation sites (tertiary alicyclic amines) is 2. The fourth-order valence-electron chi connectivity index (χ4n) is 4.99. The van der Waals surface area contributed by atoms with Gasteiger partial charge in [0.15, 0.2) is 0 Å². The van der Waals surface area contributed by atoms with E-state index in [9.17, 15) is 0 Å². The SMILES string of the molecule is CC1CCCC(CN)(N2CCC(N3CCCCC3)C2)C1. The lowest BCUT2D eigenvalue weighted by Gasteiger charge is -2.46. The van der Waals surface area contributed by atoms with Crippen molar-refractivity contribution in [2.24, 2.45) is 11.7 Å². The molecule has 116 valence electrons. The molecule has 3 rings (SSSR count). The third kappa shape index (κ3) is 2.90. The third-order valence-corrected chi connectivity index (χ3v) is 6.19. The maximum Gasteiger partial charge on any atom is 0.0334 e. The zero-order valence-electron chi connectivity index (χ0n) is 13.3. The first-order valence-electron chi connectivity index (χ1n) is 8.93. The van der Waals surface area contributed by atoms with Crippen molar-refractivity contribution in [3.05, 3.63) is 0 Å². The molecule has 2 aliphatic heterocycles. The van der Waals surface area contributed by atoms with E-state index in [1.54, 1.807) is 0 Å². The Morgan fingerprint density at radius 1 is 1.05 bits per heavy atom. The van der Waals surface area contributed by atoms with Gasteiger partial charge in [0, 0.05) is 31.2 Å². The predicted octanol–water partition coefficient (Wildman–Crippen LogP) is 2.45. The zero-order valence-corrected chi connectivity index (χ0v) is 13.3. The smallest absolute Gasteiger partial charge is 0.0334 e. The van der Waals surface area contributed by atoms with Crippen LogP contribution in [0.5, 0.6) is 0 Å². The van der Waals surface area contributed by atoms with Crippen LogP contribution in [-0.2, 0) is 0 Å². The second kappa shape index (κ2) is 6.33. The summed E-state index contributed by atoms with van der Waals surface area (Å²) >= 11 is 0. The Labute approximate surface area is 124 Å². The Morgan fingerprint density at radius 3 is 2.55 bits per heavy atom. The van der Waals surface area contributed by atoms with Gasteiger partial charge in [-0.3, -0.25) is 9.80 Å². The van der Waals surface area contributed by atoms with E-state index < -0.39 is 0 Å². The Kier molecular flexibility index (Phi) is 4.68. The highest BCUT2D eigenvalue weighted by Crippen LogP contribution is 2.38. The molecule has 2 saturated heterocycles. The molecule has 0 radical (unpaired) electrons. The van der Waals surface area contributed by atoms with Gasteiger partial charge < -0.3 is 5.73 Å². The van der Waals surface area contributed by atoms with Crippen LogP contribution in [-0.4, -0.2) is 54.1 Å². The van der Waals surface area contributed by atoms with Gasteiger partial charge in [-0.1, -0.05) is 26.2 Å². The first-order chi connectivity index (χ1) is 9.73. The first kappa shape index (κ1) is 14.8. The van der Waals surface area contributed by atoms with E-state index in [4.69, 9.17) is 5.73 Å². The molecule has 3 atom stereocenters. The van der Waals surface area contributed by atoms with Gasteiger partial charge in [0.1, 0.15) is 0 Å². The molecule has 20 heavy (non-hydrogen) atoms. The van der Waals surface area contributed by atoms with Crippen LogP contribution in [0, 0.1) is 5.92 Å². The molecule has 1 aliphatic carbocycles. The number of nitrogens with zero attached hydrogens (tertiary/aromatic N) is 2. The summed E-state index contributed by atoms with van der Waals surface area (Å²) in [7, 11) is 0. The molecule has 2 N–H and O–H groups in total. The normalized spacial score (nSPS) is 41.1. The van der Waals surface area contributed by atoms with E-state index in [-0.39, 0.29) is 0 Å². The average molecular weight is 279 g/mol. The molecule has 3 nitrogen and oxygen atoms in total. The predicted molar refractivity (Wildman–Crippen MR) is 84.8 cm³/mol. The summed E-state index contributed by atoms with van der Waals surface area (Å²) in [5, 5.41) is 0. The second-order valence-corrected chi connectivity index (χ2v) is 7.62. The monoisotopic (exact) mass is 279 g/mol. The lowest BCUT2D eigenvalue weighted by Crippen LogP contribution is -2.56. The van der Waals surface area contributed by atoms with Crippen molar-refractivity contribution in [1.29, 1.82) is 0 Å². The van der Waals surface area contributed by atoms with E-state index >= 15 is 0 Å². The second-order valence-electron chi connectivity index (χ2n) is 7.62. The highest BCUT2D eigenvalue weighted by Gasteiger charge is 2.43. The summed E-state index contributed by atoms with van der Waals surface area (Å²) in [5.41, 5.74) is 6.58. The molecule has 3 aliphatic rings. The summed E-state index contributed by atoms with van der Waals surface area (Å²) < 4.78 is 0. The maximum absolute atomic E-state index is 6.25. The summed E-state index contributed by atoms with van der Waals surface area (Å²) in [6.07, 6.45) is 11.1. The highest BCUT2D eigenvalue weighted by atomic mass is 15.3. The van der Waals surface area contributed by atoms with Gasteiger partial charge in [0.25, 0.3) is 0 Å². The molecule has 2 heterocycles. The van der Waals surface area contributed by atoms with Crippen molar-refractivity contribution in [3.63, 3.8) is 0 Å². The van der Waals surface area contributed by atoms with Crippen LogP contribution < -0.4 is 5.73 Å². The summed E-state index contributed by atoms with van der Waals surface area (Å²) in [5.74, 6) is 0.862. The van der Waals surface area contributed by atoms with E-state index in [0.29, 0.717) is 5.54 Å². The Balaban J connectivity index is 1.62. The molecule has 0 spiro atoms. The number of rotatable bonds is 3. The zero-order chi connectivity index (χ0) is 14.0. The van der Waals surface area contributed by atoms with E-state index in [0.717, 1.165) is 18.5 Å². The van der Waals surface area contributed by atoms with Crippen LogP contribution in [0.2, 0.25) is 0 Å². The molecule has 0 amide bonds. The molecule has 0 bridgehead atoms. The molecular formula is C17H33N3. The molecule has 0 aromatic rings. The van der Waals surface area contributed by atoms with Crippen molar-refractivity contribution in [3.8, 4) is 0 Å². The Hall–Kier alpha value is -0.120. The molecule has 0 aromatic heterocycles. The highest BCUT2D eigenvalue weighted by molar-refractivity contribution is 5.00. The minimum absolute atomic E-state index is 0.336. The molecule has 0 aromatic carbocycles. The first-order valence-corrected chi connectivity index (χ1v) is 8.93. The van der Waals surface area contributed by atoms with Crippen molar-refractivity contribution in [2.45, 2.75) is 69.9 Å². The van der Waals surface area contributed by atoms with Crippen molar-refractivity contribution < 1.29 is 0 Å². The van der Waals surface area contributed by atoms with Gasteiger partial charge in [-0.15, -0.1) is 0 Å². The molecule has 3 fully saturated rings. The van der Waals surface area contributed by atoms with Gasteiger partial charge >= 0.3 is 0 Å². The van der Waals surface area contributed by atoms with Crippen LogP contribution in [0.1, 0.15) is 58.3 Å². The van der Waals surface area contributed by atoms with E-state index in [1.807, 2.05) is 0 Å². The minimum atomic E-state index is 0.336. The largest absolute Gasteiger partial charge is 0.329 e. The van der Waals surface area contributed by atoms with Crippen LogP contribution >= 0.6 is 0 Å². The summed E-state index contributed by atoms with van der Waals surface area (Å²) in [4.78, 5) is 5.54. The lowest BCUT2D eigenvalue weighted by molar-refractivity contribution is 0.0499.